The first-order valence-corrected chi connectivity index (χ1v) is 5.86. The van der Waals surface area contributed by atoms with Crippen LogP contribution in [0.2, 0.25) is 0 Å². The van der Waals surface area contributed by atoms with Crippen LogP contribution in [0.1, 0.15) is 16.9 Å². The van der Waals surface area contributed by atoms with E-state index in [-0.39, 0.29) is 6.54 Å². The van der Waals surface area contributed by atoms with Gasteiger partial charge in [0.25, 0.3) is 5.91 Å². The second kappa shape index (κ2) is 5.75. The quantitative estimate of drug-likeness (QED) is 0.886. The Morgan fingerprint density at radius 2 is 2.22 bits per heavy atom. The summed E-state index contributed by atoms with van der Waals surface area (Å²) in [5.41, 5.74) is 0.323. The van der Waals surface area contributed by atoms with Gasteiger partial charge in [-0.3, -0.25) is 4.79 Å². The Balaban J connectivity index is 2.46. The largest absolute Gasteiger partial charge is 0.414 e. The predicted octanol–water partition coefficient (Wildman–Crippen LogP) is 1.83. The lowest BCUT2D eigenvalue weighted by molar-refractivity contribution is -0.204. The number of aliphatic hydroxyl groups is 1. The van der Waals surface area contributed by atoms with Gasteiger partial charge >= 0.3 is 6.18 Å². The zero-order valence-corrected chi connectivity index (χ0v) is 11.0. The number of aryl methyl sites for hydroxylation is 1. The molecule has 102 valence electrons. The second-order valence-electron chi connectivity index (χ2n) is 3.76. The van der Waals surface area contributed by atoms with E-state index in [4.69, 9.17) is 5.11 Å². The highest BCUT2D eigenvalue weighted by atomic mass is 79.9. The van der Waals surface area contributed by atoms with Crippen LogP contribution in [-0.2, 0) is 7.05 Å². The summed E-state index contributed by atoms with van der Waals surface area (Å²) in [6.45, 7) is -0.248. The summed E-state index contributed by atoms with van der Waals surface area (Å²) in [5.74, 6) is -0.488. The molecule has 0 aliphatic carbocycles. The van der Waals surface area contributed by atoms with Gasteiger partial charge in [0.05, 0.1) is 0 Å². The maximum Gasteiger partial charge on any atom is 0.414 e. The molecule has 1 atom stereocenters. The van der Waals surface area contributed by atoms with E-state index in [2.05, 4.69) is 21.2 Å². The summed E-state index contributed by atoms with van der Waals surface area (Å²) in [4.78, 5) is 11.6. The number of nitrogens with zero attached hydrogens (tertiary/aromatic N) is 1. The van der Waals surface area contributed by atoms with Crippen LogP contribution in [0.25, 0.3) is 0 Å². The standard InChI is InChI=1S/C10H12BrF3N2O2/c1-16-5-6(11)4-7(16)9(18)15-3-2-8(17)10(12,13)14/h4-5,8,17H,2-3H2,1H3,(H,15,18)/t8-/m1/s1. The lowest BCUT2D eigenvalue weighted by Gasteiger charge is -2.14. The van der Waals surface area contributed by atoms with Gasteiger partial charge in [-0.05, 0) is 28.4 Å². The molecule has 0 unspecified atom stereocenters. The van der Waals surface area contributed by atoms with E-state index in [9.17, 15) is 18.0 Å². The smallest absolute Gasteiger partial charge is 0.384 e. The number of carbonyl (C=O) groups is 1. The van der Waals surface area contributed by atoms with E-state index in [1.165, 1.54) is 0 Å². The molecule has 0 saturated carbocycles. The van der Waals surface area contributed by atoms with Gasteiger partial charge in [-0.1, -0.05) is 0 Å². The molecule has 0 aliphatic rings. The molecular formula is C10H12BrF3N2O2. The molecule has 0 fully saturated rings. The third-order valence-electron chi connectivity index (χ3n) is 2.29. The summed E-state index contributed by atoms with van der Waals surface area (Å²) in [6, 6.07) is 1.55. The summed E-state index contributed by atoms with van der Waals surface area (Å²) in [7, 11) is 1.64. The van der Waals surface area contributed by atoms with Crippen LogP contribution in [0.4, 0.5) is 13.2 Å². The summed E-state index contributed by atoms with van der Waals surface area (Å²) in [6.07, 6.45) is -5.99. The van der Waals surface area contributed by atoms with Gasteiger partial charge in [0.15, 0.2) is 6.10 Å². The van der Waals surface area contributed by atoms with Crippen molar-refractivity contribution < 1.29 is 23.1 Å². The van der Waals surface area contributed by atoms with Crippen molar-refractivity contribution in [2.24, 2.45) is 7.05 Å². The first-order valence-electron chi connectivity index (χ1n) is 5.06. The fourth-order valence-electron chi connectivity index (χ4n) is 1.33. The van der Waals surface area contributed by atoms with E-state index >= 15 is 0 Å². The fraction of sp³-hybridized carbons (Fsp3) is 0.500. The first kappa shape index (κ1) is 15.0. The molecule has 0 aromatic carbocycles. The zero-order chi connectivity index (χ0) is 13.9. The van der Waals surface area contributed by atoms with Crippen LogP contribution in [0, 0.1) is 0 Å². The third-order valence-corrected chi connectivity index (χ3v) is 2.72. The Kier molecular flexibility index (Phi) is 4.80. The molecule has 0 bridgehead atoms. The molecule has 0 spiro atoms. The number of carbonyl (C=O) groups excluding carboxylic acids is 1. The highest BCUT2D eigenvalue weighted by Gasteiger charge is 2.37. The monoisotopic (exact) mass is 328 g/mol. The Labute approximate surface area is 110 Å². The van der Waals surface area contributed by atoms with Gasteiger partial charge < -0.3 is 15.0 Å². The summed E-state index contributed by atoms with van der Waals surface area (Å²) in [5, 5.41) is 11.1. The minimum Gasteiger partial charge on any atom is -0.384 e. The lowest BCUT2D eigenvalue weighted by Crippen LogP contribution is -2.34. The van der Waals surface area contributed by atoms with E-state index < -0.39 is 24.6 Å². The molecule has 1 amide bonds. The van der Waals surface area contributed by atoms with E-state index in [0.717, 1.165) is 0 Å². The van der Waals surface area contributed by atoms with Crippen LogP contribution in [0.5, 0.6) is 0 Å². The molecule has 8 heteroatoms. The second-order valence-corrected chi connectivity index (χ2v) is 4.67. The Bertz CT molecular complexity index is 431. The van der Waals surface area contributed by atoms with Crippen molar-refractivity contribution >= 4 is 21.8 Å². The van der Waals surface area contributed by atoms with Crippen LogP contribution < -0.4 is 5.32 Å². The van der Waals surface area contributed by atoms with Gasteiger partial charge in [-0.2, -0.15) is 13.2 Å². The summed E-state index contributed by atoms with van der Waals surface area (Å²) < 4.78 is 38.2. The number of rotatable bonds is 4. The van der Waals surface area contributed by atoms with Gasteiger partial charge in [0.2, 0.25) is 0 Å². The van der Waals surface area contributed by atoms with E-state index in [0.29, 0.717) is 10.2 Å². The molecular weight excluding hydrogens is 317 g/mol. The molecule has 0 aliphatic heterocycles. The number of nitrogens with one attached hydrogen (secondary N) is 1. The van der Waals surface area contributed by atoms with Crippen molar-refractivity contribution in [2.75, 3.05) is 6.54 Å². The Morgan fingerprint density at radius 1 is 1.61 bits per heavy atom. The van der Waals surface area contributed by atoms with Gasteiger partial charge in [-0.25, -0.2) is 0 Å². The molecule has 1 aromatic rings. The van der Waals surface area contributed by atoms with Gasteiger partial charge in [-0.15, -0.1) is 0 Å². The van der Waals surface area contributed by atoms with Crippen molar-refractivity contribution in [3.63, 3.8) is 0 Å². The lowest BCUT2D eigenvalue weighted by atomic mass is 10.2. The minimum absolute atomic E-state index is 0.248. The van der Waals surface area contributed by atoms with Crippen LogP contribution in [-0.4, -0.2) is 34.4 Å². The van der Waals surface area contributed by atoms with Crippen molar-refractivity contribution in [2.45, 2.75) is 18.7 Å². The van der Waals surface area contributed by atoms with Crippen molar-refractivity contribution in [3.05, 3.63) is 22.4 Å². The molecule has 18 heavy (non-hydrogen) atoms. The number of hydrogen-bond donors (Lipinski definition) is 2. The normalized spacial score (nSPS) is 13.4. The SMILES string of the molecule is Cn1cc(Br)cc1C(=O)NCC[C@@H](O)C(F)(F)F. The highest BCUT2D eigenvalue weighted by molar-refractivity contribution is 9.10. The molecule has 0 saturated heterocycles. The number of halogens is 4. The number of aliphatic hydroxyl groups excluding tert-OH is 1. The number of aromatic nitrogens is 1. The van der Waals surface area contributed by atoms with Crippen LogP contribution in [0.3, 0.4) is 0 Å². The molecule has 1 heterocycles. The molecule has 1 aromatic heterocycles. The molecule has 0 radical (unpaired) electrons. The number of alkyl halides is 3. The maximum absolute atomic E-state index is 12.0. The summed E-state index contributed by atoms with van der Waals surface area (Å²) >= 11 is 3.18. The highest BCUT2D eigenvalue weighted by Crippen LogP contribution is 2.21. The van der Waals surface area contributed by atoms with Crippen molar-refractivity contribution in [1.29, 1.82) is 0 Å². The third kappa shape index (κ3) is 4.02. The van der Waals surface area contributed by atoms with Crippen molar-refractivity contribution in [1.82, 2.24) is 9.88 Å². The molecule has 1 rings (SSSR count). The van der Waals surface area contributed by atoms with Crippen molar-refractivity contribution in [3.8, 4) is 0 Å². The molecule has 2 N–H and O–H groups in total. The fourth-order valence-corrected chi connectivity index (χ4v) is 1.85. The van der Waals surface area contributed by atoms with E-state index in [1.807, 2.05) is 0 Å². The topological polar surface area (TPSA) is 54.3 Å². The van der Waals surface area contributed by atoms with Gasteiger partial charge in [0.1, 0.15) is 5.69 Å². The average molecular weight is 329 g/mol. The zero-order valence-electron chi connectivity index (χ0n) is 9.46. The van der Waals surface area contributed by atoms with Gasteiger partial charge in [0, 0.05) is 24.3 Å². The Morgan fingerprint density at radius 3 is 2.67 bits per heavy atom. The Hall–Kier alpha value is -1.02. The molecule has 4 nitrogen and oxygen atoms in total. The van der Waals surface area contributed by atoms with Crippen LogP contribution >= 0.6 is 15.9 Å². The maximum atomic E-state index is 12.0. The first-order chi connectivity index (χ1) is 8.21. The average Bonchev–Trinajstić information content (AvgIpc) is 2.56. The number of amides is 1. The number of hydrogen-bond acceptors (Lipinski definition) is 2. The predicted molar refractivity (Wildman–Crippen MR) is 62.1 cm³/mol. The van der Waals surface area contributed by atoms with E-state index in [1.54, 1.807) is 23.9 Å². The minimum atomic E-state index is -4.65. The van der Waals surface area contributed by atoms with Crippen LogP contribution in [0.15, 0.2) is 16.7 Å².